The van der Waals surface area contributed by atoms with E-state index in [1.807, 2.05) is 24.4 Å². The summed E-state index contributed by atoms with van der Waals surface area (Å²) >= 11 is 5.70. The third-order valence-electron chi connectivity index (χ3n) is 5.16. The molecule has 5 nitrogen and oxygen atoms in total. The Morgan fingerprint density at radius 1 is 1.07 bits per heavy atom. The number of rotatable bonds is 6. The van der Waals surface area contributed by atoms with Gasteiger partial charge in [-0.05, 0) is 55.5 Å². The van der Waals surface area contributed by atoms with Gasteiger partial charge in [-0.15, -0.1) is 0 Å². The highest BCUT2D eigenvalue weighted by molar-refractivity contribution is 7.80. The van der Waals surface area contributed by atoms with Gasteiger partial charge in [-0.1, -0.05) is 24.3 Å². The smallest absolute Gasteiger partial charge is 0.170 e. The first-order valence-electron chi connectivity index (χ1n) is 9.41. The van der Waals surface area contributed by atoms with Crippen LogP contribution in [0.25, 0.3) is 5.69 Å². The van der Waals surface area contributed by atoms with Crippen LogP contribution in [-0.4, -0.2) is 39.8 Å². The summed E-state index contributed by atoms with van der Waals surface area (Å²) in [5, 5.41) is 4.22. The van der Waals surface area contributed by atoms with E-state index >= 15 is 0 Å². The van der Waals surface area contributed by atoms with Gasteiger partial charge in [0.25, 0.3) is 0 Å². The second kappa shape index (κ2) is 8.12. The molecule has 0 unspecified atom stereocenters. The number of aryl methyl sites for hydroxylation is 1. The zero-order chi connectivity index (χ0) is 19.5. The molecule has 0 spiro atoms. The summed E-state index contributed by atoms with van der Waals surface area (Å²) in [7, 11) is 1.72. The Hall–Kier alpha value is -2.70. The second-order valence-electron chi connectivity index (χ2n) is 6.88. The van der Waals surface area contributed by atoms with E-state index in [1.165, 1.54) is 11.4 Å². The Balaban J connectivity index is 1.82. The lowest BCUT2D eigenvalue weighted by molar-refractivity contribution is 0.163. The lowest BCUT2D eigenvalue weighted by Crippen LogP contribution is -2.33. The van der Waals surface area contributed by atoms with Crippen molar-refractivity contribution >= 4 is 17.3 Å². The fourth-order valence-electron chi connectivity index (χ4n) is 3.88. The van der Waals surface area contributed by atoms with Crippen LogP contribution in [0.15, 0.2) is 66.9 Å². The van der Waals surface area contributed by atoms with Crippen molar-refractivity contribution < 1.29 is 4.74 Å². The van der Waals surface area contributed by atoms with E-state index in [0.717, 1.165) is 23.0 Å². The third kappa shape index (κ3) is 3.41. The van der Waals surface area contributed by atoms with Crippen LogP contribution in [0.3, 0.4) is 0 Å². The van der Waals surface area contributed by atoms with Crippen LogP contribution in [-0.2, 0) is 4.74 Å². The number of hydrogen-bond acceptors (Lipinski definition) is 3. The summed E-state index contributed by atoms with van der Waals surface area (Å²) in [6.07, 6.45) is 1.83. The number of hydrogen-bond donors (Lipinski definition) is 1. The predicted octanol–water partition coefficient (Wildman–Crippen LogP) is 3.80. The number of thiocarbonyl (C=S) groups is 1. The molecule has 4 rings (SSSR count). The molecule has 0 aliphatic carbocycles. The second-order valence-corrected chi connectivity index (χ2v) is 7.27. The van der Waals surface area contributed by atoms with E-state index < -0.39 is 0 Å². The first-order valence-corrected chi connectivity index (χ1v) is 9.82. The Bertz CT molecular complexity index is 942. The summed E-state index contributed by atoms with van der Waals surface area (Å²) in [5.41, 5.74) is 4.49. The molecule has 2 aromatic heterocycles. The summed E-state index contributed by atoms with van der Waals surface area (Å²) in [5.74, 6) is 0. The first-order chi connectivity index (χ1) is 13.7. The van der Waals surface area contributed by atoms with E-state index in [-0.39, 0.29) is 12.1 Å². The van der Waals surface area contributed by atoms with Gasteiger partial charge in [-0.2, -0.15) is 0 Å². The minimum absolute atomic E-state index is 0.0199. The van der Waals surface area contributed by atoms with E-state index in [0.29, 0.717) is 6.61 Å². The van der Waals surface area contributed by atoms with Crippen LogP contribution >= 0.6 is 12.2 Å². The molecule has 28 heavy (non-hydrogen) atoms. The highest BCUT2D eigenvalue weighted by Crippen LogP contribution is 2.39. The molecule has 1 saturated heterocycles. The van der Waals surface area contributed by atoms with Gasteiger partial charge < -0.3 is 19.5 Å². The standard InChI is InChI=1S/C22H24N4OS/c1-16-11-12-19(26(16)17-8-4-3-5-9-17)21-20(18-10-6-7-13-23-18)24-22(28)25(21)14-15-27-2/h3-13,20-21H,14-15H2,1-2H3,(H,24,28)/t20-,21+/m1/s1. The number of nitrogens with one attached hydrogen (secondary N) is 1. The van der Waals surface area contributed by atoms with E-state index in [4.69, 9.17) is 17.0 Å². The van der Waals surface area contributed by atoms with Gasteiger partial charge in [0.1, 0.15) is 0 Å². The van der Waals surface area contributed by atoms with Crippen LogP contribution in [0, 0.1) is 6.92 Å². The van der Waals surface area contributed by atoms with Gasteiger partial charge in [-0.25, -0.2) is 0 Å². The maximum atomic E-state index is 5.70. The molecule has 3 aromatic rings. The highest BCUT2D eigenvalue weighted by Gasteiger charge is 2.41. The summed E-state index contributed by atoms with van der Waals surface area (Å²) in [6, 6.07) is 20.8. The molecule has 2 atom stereocenters. The van der Waals surface area contributed by atoms with Crippen LogP contribution in [0.1, 0.15) is 29.2 Å². The Kier molecular flexibility index (Phi) is 5.41. The maximum Gasteiger partial charge on any atom is 0.170 e. The molecule has 3 heterocycles. The molecule has 0 bridgehead atoms. The van der Waals surface area contributed by atoms with Crippen molar-refractivity contribution in [3.05, 3.63) is 83.9 Å². The Morgan fingerprint density at radius 2 is 1.86 bits per heavy atom. The largest absolute Gasteiger partial charge is 0.383 e. The molecule has 144 valence electrons. The van der Waals surface area contributed by atoms with Crippen molar-refractivity contribution in [1.29, 1.82) is 0 Å². The quantitative estimate of drug-likeness (QED) is 0.647. The van der Waals surface area contributed by atoms with Crippen molar-refractivity contribution in [3.8, 4) is 5.69 Å². The van der Waals surface area contributed by atoms with Crippen molar-refractivity contribution in [1.82, 2.24) is 19.8 Å². The molecular formula is C22H24N4OS. The molecule has 6 heteroatoms. The average Bonchev–Trinajstić information content (AvgIpc) is 3.27. The van der Waals surface area contributed by atoms with E-state index in [9.17, 15) is 0 Å². The number of pyridine rings is 1. The third-order valence-corrected chi connectivity index (χ3v) is 5.51. The lowest BCUT2D eigenvalue weighted by atomic mass is 10.0. The molecule has 1 aromatic carbocycles. The minimum atomic E-state index is -0.0256. The summed E-state index contributed by atoms with van der Waals surface area (Å²) in [6.45, 7) is 3.46. The van der Waals surface area contributed by atoms with Crippen LogP contribution in [0.4, 0.5) is 0 Å². The van der Waals surface area contributed by atoms with Crippen LogP contribution in [0.2, 0.25) is 0 Å². The molecule has 1 aliphatic heterocycles. The molecule has 1 aliphatic rings. The summed E-state index contributed by atoms with van der Waals surface area (Å²) in [4.78, 5) is 6.82. The Labute approximate surface area is 171 Å². The van der Waals surface area contributed by atoms with E-state index in [2.05, 4.69) is 69.2 Å². The SMILES string of the molecule is COCCN1C(=S)N[C@H](c2ccccn2)[C@@H]1c1ccc(C)n1-c1ccccc1. The van der Waals surface area contributed by atoms with Crippen LogP contribution < -0.4 is 5.32 Å². The van der Waals surface area contributed by atoms with E-state index in [1.54, 1.807) is 7.11 Å². The molecular weight excluding hydrogens is 368 g/mol. The number of aromatic nitrogens is 2. The van der Waals surface area contributed by atoms with Gasteiger partial charge in [0.15, 0.2) is 5.11 Å². The fourth-order valence-corrected chi connectivity index (χ4v) is 4.21. The van der Waals surface area contributed by atoms with Gasteiger partial charge in [0.05, 0.1) is 24.4 Å². The zero-order valence-corrected chi connectivity index (χ0v) is 16.9. The van der Waals surface area contributed by atoms with Crippen molar-refractivity contribution in [2.75, 3.05) is 20.3 Å². The number of ether oxygens (including phenoxy) is 1. The highest BCUT2D eigenvalue weighted by atomic mass is 32.1. The molecule has 1 fully saturated rings. The number of para-hydroxylation sites is 1. The van der Waals surface area contributed by atoms with Crippen molar-refractivity contribution in [3.63, 3.8) is 0 Å². The van der Waals surface area contributed by atoms with Gasteiger partial charge >= 0.3 is 0 Å². The van der Waals surface area contributed by atoms with Crippen molar-refractivity contribution in [2.45, 2.75) is 19.0 Å². The number of nitrogens with zero attached hydrogens (tertiary/aromatic N) is 3. The average molecular weight is 393 g/mol. The van der Waals surface area contributed by atoms with Crippen LogP contribution in [0.5, 0.6) is 0 Å². The molecule has 0 radical (unpaired) electrons. The molecule has 0 saturated carbocycles. The molecule has 1 N–H and O–H groups in total. The number of methoxy groups -OCH3 is 1. The number of benzene rings is 1. The van der Waals surface area contributed by atoms with Gasteiger partial charge in [0.2, 0.25) is 0 Å². The zero-order valence-electron chi connectivity index (χ0n) is 16.1. The summed E-state index contributed by atoms with van der Waals surface area (Å²) < 4.78 is 7.65. The van der Waals surface area contributed by atoms with Crippen molar-refractivity contribution in [2.24, 2.45) is 0 Å². The lowest BCUT2D eigenvalue weighted by Gasteiger charge is -2.29. The normalized spacial score (nSPS) is 19.1. The Morgan fingerprint density at radius 3 is 2.57 bits per heavy atom. The molecule has 0 amide bonds. The first kappa shape index (κ1) is 18.7. The fraction of sp³-hybridized carbons (Fsp3) is 0.273. The minimum Gasteiger partial charge on any atom is -0.383 e. The van der Waals surface area contributed by atoms with Gasteiger partial charge in [-0.3, -0.25) is 4.98 Å². The monoisotopic (exact) mass is 392 g/mol. The maximum absolute atomic E-state index is 5.70. The predicted molar refractivity (Wildman–Crippen MR) is 115 cm³/mol. The van der Waals surface area contributed by atoms with Gasteiger partial charge in [0, 0.05) is 36.9 Å². The topological polar surface area (TPSA) is 42.3 Å².